The van der Waals surface area contributed by atoms with Crippen LogP contribution < -0.4 is 15.2 Å². The van der Waals surface area contributed by atoms with E-state index in [9.17, 15) is 0 Å². The third-order valence-electron chi connectivity index (χ3n) is 3.12. The second-order valence-electron chi connectivity index (χ2n) is 4.38. The van der Waals surface area contributed by atoms with Gasteiger partial charge in [-0.25, -0.2) is 4.52 Å². The fourth-order valence-electron chi connectivity index (χ4n) is 2.14. The van der Waals surface area contributed by atoms with Gasteiger partial charge in [-0.15, -0.1) is 5.10 Å². The lowest BCUT2D eigenvalue weighted by Crippen LogP contribution is -1.93. The van der Waals surface area contributed by atoms with Gasteiger partial charge in [0.25, 0.3) is 0 Å². The predicted octanol–water partition coefficient (Wildman–Crippen LogP) is 2.65. The van der Waals surface area contributed by atoms with Gasteiger partial charge in [0.15, 0.2) is 17.1 Å². The van der Waals surface area contributed by atoms with Crippen molar-refractivity contribution in [2.24, 2.45) is 0 Å². The largest absolute Gasteiger partial charge is 0.493 e. The third kappa shape index (κ3) is 2.34. The number of methoxy groups -OCH3 is 2. The number of hydrogen-bond donors (Lipinski definition) is 1. The molecule has 6 nitrogen and oxygen atoms in total. The Hall–Kier alpha value is -2.47. The molecule has 21 heavy (non-hydrogen) atoms. The number of halogens is 1. The highest BCUT2D eigenvalue weighted by Gasteiger charge is 2.11. The summed E-state index contributed by atoms with van der Waals surface area (Å²) in [6.45, 7) is 0. The van der Waals surface area contributed by atoms with E-state index in [0.717, 1.165) is 11.1 Å². The third-order valence-corrected chi connectivity index (χ3v) is 3.40. The molecule has 0 bridgehead atoms. The quantitative estimate of drug-likeness (QED) is 0.805. The normalized spacial score (nSPS) is 10.8. The molecule has 2 aromatic heterocycles. The number of fused-ring (bicyclic) bond motifs is 1. The fourth-order valence-corrected chi connectivity index (χ4v) is 2.38. The first-order chi connectivity index (χ1) is 10.1. The minimum atomic E-state index is 0.182. The smallest absolute Gasteiger partial charge is 0.240 e. The van der Waals surface area contributed by atoms with Gasteiger partial charge in [0.05, 0.1) is 19.2 Å². The molecule has 7 heteroatoms. The standard InChI is InChI=1S/C14H13ClN4O2/c1-20-11-4-3-8(6-12(11)21-2)9-5-10(15)13-17-14(16)18-19(13)7-9/h3-7H,1-2H3,(H2,16,18). The summed E-state index contributed by atoms with van der Waals surface area (Å²) in [5.74, 6) is 1.49. The molecule has 0 saturated carbocycles. The lowest BCUT2D eigenvalue weighted by molar-refractivity contribution is 0.355. The van der Waals surface area contributed by atoms with E-state index in [2.05, 4.69) is 10.1 Å². The van der Waals surface area contributed by atoms with Crippen LogP contribution in [0.5, 0.6) is 11.5 Å². The number of nitrogen functional groups attached to an aromatic ring is 1. The number of aromatic nitrogens is 3. The molecule has 0 fully saturated rings. The molecule has 0 unspecified atom stereocenters. The van der Waals surface area contributed by atoms with Crippen molar-refractivity contribution in [3.8, 4) is 22.6 Å². The van der Waals surface area contributed by atoms with Crippen molar-refractivity contribution >= 4 is 23.2 Å². The number of pyridine rings is 1. The fraction of sp³-hybridized carbons (Fsp3) is 0.143. The Balaban J connectivity index is 2.15. The second kappa shape index (κ2) is 5.14. The molecule has 2 heterocycles. The number of anilines is 1. The van der Waals surface area contributed by atoms with Crippen LogP contribution in [0.15, 0.2) is 30.5 Å². The number of nitrogens with zero attached hydrogens (tertiary/aromatic N) is 3. The van der Waals surface area contributed by atoms with Crippen LogP contribution in [0.2, 0.25) is 5.02 Å². The SMILES string of the molecule is COc1ccc(-c2cc(Cl)c3nc(N)nn3c2)cc1OC. The van der Waals surface area contributed by atoms with E-state index in [-0.39, 0.29) is 5.95 Å². The predicted molar refractivity (Wildman–Crippen MR) is 80.9 cm³/mol. The van der Waals surface area contributed by atoms with Gasteiger partial charge in [-0.1, -0.05) is 17.7 Å². The van der Waals surface area contributed by atoms with Crippen molar-refractivity contribution < 1.29 is 9.47 Å². The lowest BCUT2D eigenvalue weighted by Gasteiger charge is -2.10. The van der Waals surface area contributed by atoms with Crippen molar-refractivity contribution in [3.05, 3.63) is 35.5 Å². The van der Waals surface area contributed by atoms with Crippen LogP contribution in [0.1, 0.15) is 0 Å². The Kier molecular flexibility index (Phi) is 3.31. The van der Waals surface area contributed by atoms with Crippen molar-refractivity contribution in [3.63, 3.8) is 0 Å². The average Bonchev–Trinajstić information content (AvgIpc) is 2.87. The van der Waals surface area contributed by atoms with Gasteiger partial charge >= 0.3 is 0 Å². The molecule has 0 amide bonds. The molecule has 0 aliphatic heterocycles. The zero-order valence-electron chi connectivity index (χ0n) is 11.5. The summed E-state index contributed by atoms with van der Waals surface area (Å²) >= 11 is 6.22. The first-order valence-electron chi connectivity index (χ1n) is 6.16. The molecular weight excluding hydrogens is 292 g/mol. The summed E-state index contributed by atoms with van der Waals surface area (Å²) in [4.78, 5) is 4.06. The van der Waals surface area contributed by atoms with E-state index in [1.807, 2.05) is 30.5 Å². The molecule has 2 N–H and O–H groups in total. The molecule has 3 rings (SSSR count). The van der Waals surface area contributed by atoms with Gasteiger partial charge in [0.1, 0.15) is 0 Å². The van der Waals surface area contributed by atoms with Gasteiger partial charge in [0.2, 0.25) is 5.95 Å². The van der Waals surface area contributed by atoms with E-state index in [0.29, 0.717) is 22.2 Å². The molecule has 108 valence electrons. The Morgan fingerprint density at radius 3 is 2.57 bits per heavy atom. The minimum Gasteiger partial charge on any atom is -0.493 e. The van der Waals surface area contributed by atoms with Crippen molar-refractivity contribution in [2.45, 2.75) is 0 Å². The van der Waals surface area contributed by atoms with Crippen LogP contribution in [-0.2, 0) is 0 Å². The van der Waals surface area contributed by atoms with Crippen LogP contribution in [0.25, 0.3) is 16.8 Å². The maximum Gasteiger partial charge on any atom is 0.240 e. The van der Waals surface area contributed by atoms with Crippen LogP contribution in [-0.4, -0.2) is 28.8 Å². The average molecular weight is 305 g/mol. The number of ether oxygens (including phenoxy) is 2. The first kappa shape index (κ1) is 13.5. The number of rotatable bonds is 3. The number of hydrogen-bond acceptors (Lipinski definition) is 5. The maximum atomic E-state index is 6.22. The molecule has 0 saturated heterocycles. The van der Waals surface area contributed by atoms with E-state index in [1.165, 1.54) is 0 Å². The molecule has 3 aromatic rings. The Labute approximate surface area is 126 Å². The molecular formula is C14H13ClN4O2. The monoisotopic (exact) mass is 304 g/mol. The molecule has 0 aliphatic rings. The van der Waals surface area contributed by atoms with Crippen LogP contribution in [0.3, 0.4) is 0 Å². The van der Waals surface area contributed by atoms with E-state index in [4.69, 9.17) is 26.8 Å². The zero-order chi connectivity index (χ0) is 15.0. The van der Waals surface area contributed by atoms with E-state index in [1.54, 1.807) is 18.7 Å². The molecule has 1 aromatic carbocycles. The number of benzene rings is 1. The van der Waals surface area contributed by atoms with Gasteiger partial charge in [-0.3, -0.25) is 0 Å². The summed E-state index contributed by atoms with van der Waals surface area (Å²) in [5.41, 5.74) is 7.92. The Bertz CT molecular complexity index is 816. The van der Waals surface area contributed by atoms with Gasteiger partial charge in [-0.05, 0) is 23.8 Å². The summed E-state index contributed by atoms with van der Waals surface area (Å²) in [6, 6.07) is 7.43. The van der Waals surface area contributed by atoms with Gasteiger partial charge in [0, 0.05) is 11.8 Å². The van der Waals surface area contributed by atoms with Crippen LogP contribution in [0.4, 0.5) is 5.95 Å². The van der Waals surface area contributed by atoms with Crippen molar-refractivity contribution in [2.75, 3.05) is 20.0 Å². The molecule has 0 radical (unpaired) electrons. The van der Waals surface area contributed by atoms with Crippen LogP contribution in [0, 0.1) is 0 Å². The molecule has 0 aliphatic carbocycles. The summed E-state index contributed by atoms with van der Waals surface area (Å²) in [7, 11) is 3.19. The minimum absolute atomic E-state index is 0.182. The number of nitrogens with two attached hydrogens (primary N) is 1. The van der Waals surface area contributed by atoms with Crippen molar-refractivity contribution in [1.29, 1.82) is 0 Å². The highest BCUT2D eigenvalue weighted by molar-refractivity contribution is 6.33. The molecule has 0 spiro atoms. The van der Waals surface area contributed by atoms with E-state index < -0.39 is 0 Å². The summed E-state index contributed by atoms with van der Waals surface area (Å²) < 4.78 is 12.1. The van der Waals surface area contributed by atoms with Gasteiger partial charge < -0.3 is 15.2 Å². The van der Waals surface area contributed by atoms with Crippen molar-refractivity contribution in [1.82, 2.24) is 14.6 Å². The van der Waals surface area contributed by atoms with E-state index >= 15 is 0 Å². The first-order valence-corrected chi connectivity index (χ1v) is 6.54. The second-order valence-corrected chi connectivity index (χ2v) is 4.79. The molecule has 0 atom stereocenters. The zero-order valence-corrected chi connectivity index (χ0v) is 12.3. The van der Waals surface area contributed by atoms with Crippen LogP contribution >= 0.6 is 11.6 Å². The Morgan fingerprint density at radius 2 is 1.86 bits per heavy atom. The Morgan fingerprint density at radius 1 is 1.10 bits per heavy atom. The highest BCUT2D eigenvalue weighted by atomic mass is 35.5. The highest BCUT2D eigenvalue weighted by Crippen LogP contribution is 2.33. The maximum absolute atomic E-state index is 6.22. The van der Waals surface area contributed by atoms with Gasteiger partial charge in [-0.2, -0.15) is 4.98 Å². The topological polar surface area (TPSA) is 74.7 Å². The summed E-state index contributed by atoms with van der Waals surface area (Å²) in [5, 5.41) is 4.56. The lowest BCUT2D eigenvalue weighted by atomic mass is 10.1. The summed E-state index contributed by atoms with van der Waals surface area (Å²) in [6.07, 6.45) is 1.81.